The van der Waals surface area contributed by atoms with Crippen LogP contribution in [0.15, 0.2) is 42.5 Å². The van der Waals surface area contributed by atoms with Crippen molar-refractivity contribution in [2.24, 2.45) is 5.73 Å². The van der Waals surface area contributed by atoms with Crippen LogP contribution >= 0.6 is 0 Å². The van der Waals surface area contributed by atoms with Crippen LogP contribution in [0.25, 0.3) is 11.0 Å². The first-order chi connectivity index (χ1) is 12.4. The van der Waals surface area contributed by atoms with Crippen LogP contribution in [0.5, 0.6) is 0 Å². The van der Waals surface area contributed by atoms with Gasteiger partial charge in [-0.2, -0.15) is 0 Å². The molecule has 1 heterocycles. The average molecular weight is 354 g/mol. The molecule has 0 radical (unpaired) electrons. The zero-order valence-corrected chi connectivity index (χ0v) is 15.0. The fourth-order valence-corrected chi connectivity index (χ4v) is 2.95. The Bertz CT molecular complexity index is 932. The summed E-state index contributed by atoms with van der Waals surface area (Å²) in [7, 11) is 0. The molecule has 0 aliphatic rings. The SMILES string of the molecule is CCCC(C)(N)C(=O)Nc1ccc2nc(Cc3ccccc3F)[nH]c2c1. The second-order valence-electron chi connectivity index (χ2n) is 6.81. The van der Waals surface area contributed by atoms with Crippen molar-refractivity contribution in [3.63, 3.8) is 0 Å². The van der Waals surface area contributed by atoms with Crippen LogP contribution in [-0.2, 0) is 11.2 Å². The molecule has 0 bridgehead atoms. The molecule has 1 unspecified atom stereocenters. The third kappa shape index (κ3) is 3.91. The minimum absolute atomic E-state index is 0.218. The van der Waals surface area contributed by atoms with Crippen LogP contribution in [0.2, 0.25) is 0 Å². The Kier molecular flexibility index (Phi) is 5.04. The minimum Gasteiger partial charge on any atom is -0.342 e. The summed E-state index contributed by atoms with van der Waals surface area (Å²) in [5, 5.41) is 2.86. The molecule has 3 aromatic rings. The molecular formula is C20H23FN4O. The first-order valence-corrected chi connectivity index (χ1v) is 8.71. The van der Waals surface area contributed by atoms with Gasteiger partial charge >= 0.3 is 0 Å². The number of anilines is 1. The zero-order chi connectivity index (χ0) is 18.7. The Morgan fingerprint density at radius 2 is 2.08 bits per heavy atom. The van der Waals surface area contributed by atoms with Gasteiger partial charge in [-0.3, -0.25) is 4.79 Å². The van der Waals surface area contributed by atoms with Gasteiger partial charge in [-0.1, -0.05) is 31.5 Å². The van der Waals surface area contributed by atoms with Crippen LogP contribution in [0.4, 0.5) is 10.1 Å². The molecule has 1 amide bonds. The molecule has 136 valence electrons. The van der Waals surface area contributed by atoms with E-state index >= 15 is 0 Å². The topological polar surface area (TPSA) is 83.8 Å². The number of nitrogens with zero attached hydrogens (tertiary/aromatic N) is 1. The first kappa shape index (κ1) is 18.1. The number of halogens is 1. The lowest BCUT2D eigenvalue weighted by atomic mass is 9.96. The predicted octanol–water partition coefficient (Wildman–Crippen LogP) is 3.75. The third-order valence-electron chi connectivity index (χ3n) is 4.39. The predicted molar refractivity (Wildman–Crippen MR) is 101 cm³/mol. The van der Waals surface area contributed by atoms with Gasteiger partial charge in [0.1, 0.15) is 11.6 Å². The van der Waals surface area contributed by atoms with Gasteiger partial charge in [0.25, 0.3) is 0 Å². The number of imidazole rings is 1. The molecule has 6 heteroatoms. The number of hydrogen-bond donors (Lipinski definition) is 3. The van der Waals surface area contributed by atoms with Gasteiger partial charge in [0.05, 0.1) is 16.6 Å². The molecule has 5 nitrogen and oxygen atoms in total. The number of rotatable bonds is 6. The summed E-state index contributed by atoms with van der Waals surface area (Å²) < 4.78 is 13.8. The Balaban J connectivity index is 1.79. The number of aromatic amines is 1. The maximum absolute atomic E-state index is 13.8. The molecule has 2 aromatic carbocycles. The molecule has 3 rings (SSSR count). The molecule has 4 N–H and O–H groups in total. The van der Waals surface area contributed by atoms with Crippen LogP contribution in [0.3, 0.4) is 0 Å². The summed E-state index contributed by atoms with van der Waals surface area (Å²) in [5.74, 6) is 0.201. The van der Waals surface area contributed by atoms with Crippen molar-refractivity contribution >= 4 is 22.6 Å². The Labute approximate surface area is 151 Å². The van der Waals surface area contributed by atoms with E-state index in [0.717, 1.165) is 17.5 Å². The molecule has 0 aliphatic carbocycles. The van der Waals surface area contributed by atoms with Crippen molar-refractivity contribution in [1.82, 2.24) is 9.97 Å². The maximum atomic E-state index is 13.8. The van der Waals surface area contributed by atoms with Gasteiger partial charge in [-0.25, -0.2) is 9.37 Å². The van der Waals surface area contributed by atoms with E-state index in [1.165, 1.54) is 6.07 Å². The number of aromatic nitrogens is 2. The normalized spacial score (nSPS) is 13.5. The lowest BCUT2D eigenvalue weighted by Crippen LogP contribution is -2.48. The molecule has 1 aromatic heterocycles. The van der Waals surface area contributed by atoms with E-state index < -0.39 is 5.54 Å². The monoisotopic (exact) mass is 354 g/mol. The summed E-state index contributed by atoms with van der Waals surface area (Å²) in [6, 6.07) is 12.1. The van der Waals surface area contributed by atoms with E-state index in [1.54, 1.807) is 31.2 Å². The number of amides is 1. The molecule has 1 atom stereocenters. The summed E-state index contributed by atoms with van der Waals surface area (Å²) in [4.78, 5) is 20.0. The van der Waals surface area contributed by atoms with E-state index in [4.69, 9.17) is 5.73 Å². The highest BCUT2D eigenvalue weighted by atomic mass is 19.1. The number of nitrogens with one attached hydrogen (secondary N) is 2. The molecule has 0 spiro atoms. The number of carbonyl (C=O) groups is 1. The van der Waals surface area contributed by atoms with Crippen LogP contribution < -0.4 is 11.1 Å². The Hall–Kier alpha value is -2.73. The number of hydrogen-bond acceptors (Lipinski definition) is 3. The zero-order valence-electron chi connectivity index (χ0n) is 15.0. The minimum atomic E-state index is -0.909. The quantitative estimate of drug-likeness (QED) is 0.630. The Morgan fingerprint density at radius 3 is 2.81 bits per heavy atom. The molecule has 0 fully saturated rings. The highest BCUT2D eigenvalue weighted by molar-refractivity contribution is 5.98. The number of carbonyl (C=O) groups excluding carboxylic acids is 1. The number of benzene rings is 2. The number of nitrogens with two attached hydrogens (primary N) is 1. The molecule has 0 saturated heterocycles. The van der Waals surface area contributed by atoms with Crippen molar-refractivity contribution in [3.05, 3.63) is 59.7 Å². The summed E-state index contributed by atoms with van der Waals surface area (Å²) in [6.45, 7) is 3.72. The number of fused-ring (bicyclic) bond motifs is 1. The standard InChI is InChI=1S/C20H23FN4O/c1-3-10-20(2,22)19(26)23-14-8-9-16-17(12-14)25-18(24-16)11-13-6-4-5-7-15(13)21/h4-9,12H,3,10-11,22H2,1-2H3,(H,23,26)(H,24,25). The summed E-state index contributed by atoms with van der Waals surface area (Å²) in [5.41, 5.74) is 7.93. The van der Waals surface area contributed by atoms with Crippen molar-refractivity contribution in [3.8, 4) is 0 Å². The molecular weight excluding hydrogens is 331 g/mol. The first-order valence-electron chi connectivity index (χ1n) is 8.71. The van der Waals surface area contributed by atoms with E-state index in [0.29, 0.717) is 29.9 Å². The van der Waals surface area contributed by atoms with Gasteiger partial charge in [0.15, 0.2) is 0 Å². The largest absolute Gasteiger partial charge is 0.342 e. The van der Waals surface area contributed by atoms with Gasteiger partial charge < -0.3 is 16.0 Å². The van der Waals surface area contributed by atoms with Crippen molar-refractivity contribution in [2.45, 2.75) is 38.6 Å². The molecule has 0 saturated carbocycles. The van der Waals surface area contributed by atoms with Gasteiger partial charge in [-0.05, 0) is 43.2 Å². The fraction of sp³-hybridized carbons (Fsp3) is 0.300. The van der Waals surface area contributed by atoms with E-state index in [-0.39, 0.29) is 11.7 Å². The summed E-state index contributed by atoms with van der Waals surface area (Å²) in [6.07, 6.45) is 1.82. The lowest BCUT2D eigenvalue weighted by Gasteiger charge is -2.22. The lowest BCUT2D eigenvalue weighted by molar-refractivity contribution is -0.120. The molecule has 26 heavy (non-hydrogen) atoms. The van der Waals surface area contributed by atoms with Crippen LogP contribution in [0.1, 0.15) is 38.1 Å². The fourth-order valence-electron chi connectivity index (χ4n) is 2.95. The van der Waals surface area contributed by atoms with Crippen molar-refractivity contribution < 1.29 is 9.18 Å². The maximum Gasteiger partial charge on any atom is 0.244 e. The highest BCUT2D eigenvalue weighted by Crippen LogP contribution is 2.21. The van der Waals surface area contributed by atoms with Gasteiger partial charge in [-0.15, -0.1) is 0 Å². The van der Waals surface area contributed by atoms with Crippen LogP contribution in [0, 0.1) is 5.82 Å². The average Bonchev–Trinajstić information content (AvgIpc) is 2.98. The third-order valence-corrected chi connectivity index (χ3v) is 4.39. The summed E-state index contributed by atoms with van der Waals surface area (Å²) >= 11 is 0. The van der Waals surface area contributed by atoms with Crippen LogP contribution in [-0.4, -0.2) is 21.4 Å². The second kappa shape index (κ2) is 7.25. The molecule has 0 aliphatic heterocycles. The number of H-pyrrole nitrogens is 1. The van der Waals surface area contributed by atoms with E-state index in [9.17, 15) is 9.18 Å². The van der Waals surface area contributed by atoms with Gasteiger partial charge in [0.2, 0.25) is 5.91 Å². The van der Waals surface area contributed by atoms with Crippen molar-refractivity contribution in [2.75, 3.05) is 5.32 Å². The second-order valence-corrected chi connectivity index (χ2v) is 6.81. The van der Waals surface area contributed by atoms with Crippen molar-refractivity contribution in [1.29, 1.82) is 0 Å². The van der Waals surface area contributed by atoms with E-state index in [2.05, 4.69) is 15.3 Å². The highest BCUT2D eigenvalue weighted by Gasteiger charge is 2.27. The smallest absolute Gasteiger partial charge is 0.244 e. The Morgan fingerprint density at radius 1 is 1.31 bits per heavy atom. The van der Waals surface area contributed by atoms with Gasteiger partial charge in [0, 0.05) is 12.1 Å². The van der Waals surface area contributed by atoms with E-state index in [1.807, 2.05) is 19.1 Å².